The van der Waals surface area contributed by atoms with Crippen molar-refractivity contribution in [3.8, 4) is 0 Å². The fourth-order valence-corrected chi connectivity index (χ4v) is 2.63. The fraction of sp³-hybridized carbons (Fsp3) is 0.467. The van der Waals surface area contributed by atoms with Crippen LogP contribution in [0.1, 0.15) is 24.8 Å². The molecule has 1 aromatic carbocycles. The van der Waals surface area contributed by atoms with Gasteiger partial charge in [0.15, 0.2) is 0 Å². The number of halogens is 3. The van der Waals surface area contributed by atoms with Gasteiger partial charge >= 0.3 is 6.18 Å². The summed E-state index contributed by atoms with van der Waals surface area (Å²) in [6.45, 7) is 0.399. The lowest BCUT2D eigenvalue weighted by Crippen LogP contribution is -2.29. The van der Waals surface area contributed by atoms with Gasteiger partial charge < -0.3 is 10.2 Å². The highest BCUT2D eigenvalue weighted by atomic mass is 19.4. The van der Waals surface area contributed by atoms with Gasteiger partial charge in [0, 0.05) is 24.7 Å². The SMILES string of the molecule is O=C(Nc1ccc(C(F)(F)F)cc1)[C@@H]1CC(=O)N(C2CC2)C1. The van der Waals surface area contributed by atoms with Crippen LogP contribution >= 0.6 is 0 Å². The van der Waals surface area contributed by atoms with Crippen molar-refractivity contribution in [3.05, 3.63) is 29.8 Å². The first-order valence-electron chi connectivity index (χ1n) is 7.12. The molecule has 4 nitrogen and oxygen atoms in total. The number of alkyl halides is 3. The third-order valence-electron chi connectivity index (χ3n) is 4.00. The Morgan fingerprint density at radius 2 is 1.82 bits per heavy atom. The largest absolute Gasteiger partial charge is 0.416 e. The molecule has 1 aliphatic carbocycles. The third kappa shape index (κ3) is 3.08. The number of carbonyl (C=O) groups excluding carboxylic acids is 2. The van der Waals surface area contributed by atoms with Crippen LogP contribution in [-0.2, 0) is 15.8 Å². The Morgan fingerprint density at radius 3 is 2.36 bits per heavy atom. The molecule has 7 heteroatoms. The number of anilines is 1. The molecule has 2 amide bonds. The van der Waals surface area contributed by atoms with Gasteiger partial charge in [-0.3, -0.25) is 9.59 Å². The highest BCUT2D eigenvalue weighted by Gasteiger charge is 2.41. The van der Waals surface area contributed by atoms with Crippen LogP contribution in [0.4, 0.5) is 18.9 Å². The molecule has 1 aromatic rings. The van der Waals surface area contributed by atoms with Crippen LogP contribution in [0.2, 0.25) is 0 Å². The summed E-state index contributed by atoms with van der Waals surface area (Å²) in [6.07, 6.45) is -2.26. The van der Waals surface area contributed by atoms with Crippen LogP contribution < -0.4 is 5.32 Å². The van der Waals surface area contributed by atoms with E-state index >= 15 is 0 Å². The average molecular weight is 312 g/mol. The first-order chi connectivity index (χ1) is 10.3. The van der Waals surface area contributed by atoms with E-state index in [1.165, 1.54) is 12.1 Å². The second-order valence-corrected chi connectivity index (χ2v) is 5.74. The topological polar surface area (TPSA) is 49.4 Å². The quantitative estimate of drug-likeness (QED) is 0.933. The second-order valence-electron chi connectivity index (χ2n) is 5.74. The van der Waals surface area contributed by atoms with E-state index in [2.05, 4.69) is 5.32 Å². The zero-order chi connectivity index (χ0) is 15.9. The number of hydrogen-bond donors (Lipinski definition) is 1. The van der Waals surface area contributed by atoms with E-state index in [1.807, 2.05) is 0 Å². The normalized spacial score (nSPS) is 22.0. The van der Waals surface area contributed by atoms with Crippen molar-refractivity contribution in [2.45, 2.75) is 31.5 Å². The lowest BCUT2D eigenvalue weighted by molar-refractivity contribution is -0.137. The van der Waals surface area contributed by atoms with Crippen molar-refractivity contribution in [1.82, 2.24) is 4.90 Å². The van der Waals surface area contributed by atoms with E-state index in [0.29, 0.717) is 12.2 Å². The summed E-state index contributed by atoms with van der Waals surface area (Å²) in [5.74, 6) is -0.776. The molecule has 0 radical (unpaired) electrons. The predicted octanol–water partition coefficient (Wildman–Crippen LogP) is 2.65. The number of carbonyl (C=O) groups is 2. The molecular formula is C15H15F3N2O2. The van der Waals surface area contributed by atoms with Gasteiger partial charge in [-0.25, -0.2) is 0 Å². The van der Waals surface area contributed by atoms with Gasteiger partial charge in [-0.1, -0.05) is 0 Å². The van der Waals surface area contributed by atoms with Gasteiger partial charge in [0.25, 0.3) is 0 Å². The number of hydrogen-bond acceptors (Lipinski definition) is 2. The molecule has 0 spiro atoms. The van der Waals surface area contributed by atoms with Crippen molar-refractivity contribution < 1.29 is 22.8 Å². The maximum atomic E-state index is 12.5. The maximum Gasteiger partial charge on any atom is 0.416 e. The molecule has 0 unspecified atom stereocenters. The molecule has 0 bridgehead atoms. The molecule has 1 atom stereocenters. The lowest BCUT2D eigenvalue weighted by Gasteiger charge is -2.15. The number of benzene rings is 1. The number of rotatable bonds is 3. The third-order valence-corrected chi connectivity index (χ3v) is 4.00. The molecule has 118 valence electrons. The smallest absolute Gasteiger partial charge is 0.339 e. The summed E-state index contributed by atoms with van der Waals surface area (Å²) in [6, 6.07) is 4.56. The number of likely N-dealkylation sites (tertiary alicyclic amines) is 1. The van der Waals surface area contributed by atoms with Crippen LogP contribution in [-0.4, -0.2) is 29.3 Å². The van der Waals surface area contributed by atoms with E-state index in [1.54, 1.807) is 4.90 Å². The van der Waals surface area contributed by atoms with Gasteiger partial charge in [0.2, 0.25) is 11.8 Å². The minimum atomic E-state index is -4.40. The molecule has 2 aliphatic rings. The van der Waals surface area contributed by atoms with E-state index in [4.69, 9.17) is 0 Å². The van der Waals surface area contributed by atoms with E-state index in [-0.39, 0.29) is 24.3 Å². The molecule has 1 N–H and O–H groups in total. The fourth-order valence-electron chi connectivity index (χ4n) is 2.63. The van der Waals surface area contributed by atoms with E-state index < -0.39 is 17.7 Å². The predicted molar refractivity (Wildman–Crippen MR) is 72.9 cm³/mol. The Morgan fingerprint density at radius 1 is 1.18 bits per heavy atom. The van der Waals surface area contributed by atoms with Crippen molar-refractivity contribution in [3.63, 3.8) is 0 Å². The van der Waals surface area contributed by atoms with Gasteiger partial charge in [0.1, 0.15) is 0 Å². The summed E-state index contributed by atoms with van der Waals surface area (Å²) in [5, 5.41) is 2.58. The molecule has 1 saturated carbocycles. The number of nitrogens with zero attached hydrogens (tertiary/aromatic N) is 1. The standard InChI is InChI=1S/C15H15F3N2O2/c16-15(17,18)10-1-3-11(4-2-10)19-14(22)9-7-13(21)20(8-9)12-5-6-12/h1-4,9,12H,5-8H2,(H,19,22)/t9-/m1/s1. The molecule has 2 fully saturated rings. The van der Waals surface area contributed by atoms with Crippen molar-refractivity contribution >= 4 is 17.5 Å². The Bertz CT molecular complexity index is 594. The summed E-state index contributed by atoms with van der Waals surface area (Å²) in [5.41, 5.74) is -0.461. The summed E-state index contributed by atoms with van der Waals surface area (Å²) in [7, 11) is 0. The zero-order valence-corrected chi connectivity index (χ0v) is 11.7. The molecule has 0 aromatic heterocycles. The van der Waals surface area contributed by atoms with E-state index in [0.717, 1.165) is 25.0 Å². The Labute approximate surface area is 125 Å². The monoisotopic (exact) mass is 312 g/mol. The molecule has 22 heavy (non-hydrogen) atoms. The van der Waals surface area contributed by atoms with Gasteiger partial charge in [-0.2, -0.15) is 13.2 Å². The Kier molecular flexibility index (Phi) is 3.58. The van der Waals surface area contributed by atoms with Crippen LogP contribution in [0.15, 0.2) is 24.3 Å². The Hall–Kier alpha value is -2.05. The molecule has 3 rings (SSSR count). The summed E-state index contributed by atoms with van der Waals surface area (Å²) in [4.78, 5) is 25.7. The van der Waals surface area contributed by atoms with Crippen molar-refractivity contribution in [2.75, 3.05) is 11.9 Å². The average Bonchev–Trinajstić information content (AvgIpc) is 3.21. The van der Waals surface area contributed by atoms with Crippen LogP contribution in [0, 0.1) is 5.92 Å². The molecule has 1 aliphatic heterocycles. The highest BCUT2D eigenvalue weighted by Crippen LogP contribution is 2.33. The zero-order valence-electron chi connectivity index (χ0n) is 11.7. The van der Waals surface area contributed by atoms with Gasteiger partial charge in [-0.05, 0) is 37.1 Å². The van der Waals surface area contributed by atoms with Crippen LogP contribution in [0.25, 0.3) is 0 Å². The highest BCUT2D eigenvalue weighted by molar-refractivity contribution is 5.97. The number of nitrogens with one attached hydrogen (secondary N) is 1. The summed E-state index contributed by atoms with van der Waals surface area (Å²) >= 11 is 0. The summed E-state index contributed by atoms with van der Waals surface area (Å²) < 4.78 is 37.4. The van der Waals surface area contributed by atoms with Crippen LogP contribution in [0.3, 0.4) is 0 Å². The van der Waals surface area contributed by atoms with Crippen molar-refractivity contribution in [1.29, 1.82) is 0 Å². The molecular weight excluding hydrogens is 297 g/mol. The van der Waals surface area contributed by atoms with Crippen molar-refractivity contribution in [2.24, 2.45) is 5.92 Å². The molecule has 1 saturated heterocycles. The Balaban J connectivity index is 1.61. The second kappa shape index (κ2) is 5.30. The van der Waals surface area contributed by atoms with Crippen LogP contribution in [0.5, 0.6) is 0 Å². The van der Waals surface area contributed by atoms with Gasteiger partial charge in [0.05, 0.1) is 11.5 Å². The molecule has 1 heterocycles. The minimum Gasteiger partial charge on any atom is -0.339 e. The van der Waals surface area contributed by atoms with E-state index in [9.17, 15) is 22.8 Å². The first-order valence-corrected chi connectivity index (χ1v) is 7.12. The maximum absolute atomic E-state index is 12.5. The minimum absolute atomic E-state index is 0.0185. The lowest BCUT2D eigenvalue weighted by atomic mass is 10.1. The number of amides is 2. The van der Waals surface area contributed by atoms with Gasteiger partial charge in [-0.15, -0.1) is 0 Å². The first kappa shape index (κ1) is 14.9.